The Morgan fingerprint density at radius 2 is 1.95 bits per heavy atom. The molecule has 1 saturated carbocycles. The molecule has 1 aromatic heterocycles. The number of nitrogens with one attached hydrogen (secondary N) is 2. The number of rotatable bonds is 3. The molecule has 1 fully saturated rings. The fourth-order valence-electron chi connectivity index (χ4n) is 3.22. The molecule has 2 aliphatic carbocycles. The van der Waals surface area contributed by atoms with Crippen LogP contribution in [0, 0.1) is 0 Å². The largest absolute Gasteiger partial charge is 0.349 e. The van der Waals surface area contributed by atoms with E-state index in [1.165, 1.54) is 36.1 Å². The zero-order chi connectivity index (χ0) is 13.2. The van der Waals surface area contributed by atoms with Crippen molar-refractivity contribution in [1.82, 2.24) is 10.6 Å². The minimum absolute atomic E-state index is 0.146. The first-order valence-corrected chi connectivity index (χ1v) is 8.17. The Morgan fingerprint density at radius 3 is 2.63 bits per heavy atom. The van der Waals surface area contributed by atoms with Crippen molar-refractivity contribution in [2.45, 2.75) is 57.0 Å². The Balaban J connectivity index is 1.56. The maximum atomic E-state index is 12.3. The maximum Gasteiger partial charge on any atom is 0.261 e. The van der Waals surface area contributed by atoms with Crippen molar-refractivity contribution in [1.29, 1.82) is 0 Å². The van der Waals surface area contributed by atoms with Gasteiger partial charge in [-0.05, 0) is 63.6 Å². The first-order chi connectivity index (χ1) is 9.26. The van der Waals surface area contributed by atoms with Crippen molar-refractivity contribution < 1.29 is 4.79 Å². The van der Waals surface area contributed by atoms with Crippen LogP contribution < -0.4 is 10.6 Å². The smallest absolute Gasteiger partial charge is 0.261 e. The molecule has 3 rings (SSSR count). The SMILES string of the molecule is CNC1CCC(NC(=O)c2cc3c(s2)CCC3)CC1. The quantitative estimate of drug-likeness (QED) is 0.892. The fourth-order valence-corrected chi connectivity index (χ4v) is 4.38. The molecule has 0 atom stereocenters. The highest BCUT2D eigenvalue weighted by Gasteiger charge is 2.23. The van der Waals surface area contributed by atoms with Crippen molar-refractivity contribution in [3.05, 3.63) is 21.4 Å². The summed E-state index contributed by atoms with van der Waals surface area (Å²) >= 11 is 1.70. The van der Waals surface area contributed by atoms with Gasteiger partial charge in [-0.1, -0.05) is 0 Å². The van der Waals surface area contributed by atoms with E-state index in [1.807, 2.05) is 7.05 Å². The van der Waals surface area contributed by atoms with Gasteiger partial charge >= 0.3 is 0 Å². The van der Waals surface area contributed by atoms with Crippen LogP contribution in [0.25, 0.3) is 0 Å². The zero-order valence-electron chi connectivity index (χ0n) is 11.5. The molecule has 1 amide bonds. The predicted molar refractivity (Wildman–Crippen MR) is 78.9 cm³/mol. The first-order valence-electron chi connectivity index (χ1n) is 7.36. The van der Waals surface area contributed by atoms with Gasteiger partial charge in [0.1, 0.15) is 0 Å². The molecule has 0 aliphatic heterocycles. The summed E-state index contributed by atoms with van der Waals surface area (Å²) < 4.78 is 0. The van der Waals surface area contributed by atoms with Crippen molar-refractivity contribution >= 4 is 17.2 Å². The second kappa shape index (κ2) is 5.63. The van der Waals surface area contributed by atoms with Gasteiger partial charge in [-0.15, -0.1) is 11.3 Å². The van der Waals surface area contributed by atoms with E-state index in [1.54, 1.807) is 11.3 Å². The van der Waals surface area contributed by atoms with Gasteiger partial charge in [-0.3, -0.25) is 4.79 Å². The standard InChI is InChI=1S/C15H22N2OS/c1-16-11-5-7-12(8-6-11)17-15(18)14-9-10-3-2-4-13(10)19-14/h9,11-12,16H,2-8H2,1H3,(H,17,18). The number of hydrogen-bond donors (Lipinski definition) is 2. The van der Waals surface area contributed by atoms with Gasteiger partial charge in [0, 0.05) is 17.0 Å². The molecule has 2 N–H and O–H groups in total. The molecule has 0 bridgehead atoms. The van der Waals surface area contributed by atoms with E-state index in [2.05, 4.69) is 16.7 Å². The summed E-state index contributed by atoms with van der Waals surface area (Å²) in [6, 6.07) is 3.12. The lowest BCUT2D eigenvalue weighted by Crippen LogP contribution is -2.41. The molecule has 1 heterocycles. The van der Waals surface area contributed by atoms with E-state index < -0.39 is 0 Å². The fraction of sp³-hybridized carbons (Fsp3) is 0.667. The molecule has 4 heteroatoms. The highest BCUT2D eigenvalue weighted by atomic mass is 32.1. The minimum atomic E-state index is 0.146. The number of aryl methyl sites for hydroxylation is 2. The van der Waals surface area contributed by atoms with E-state index in [0.29, 0.717) is 12.1 Å². The second-order valence-corrected chi connectivity index (χ2v) is 6.86. The summed E-state index contributed by atoms with van der Waals surface area (Å²) in [5.74, 6) is 0.146. The molecule has 104 valence electrons. The number of hydrogen-bond acceptors (Lipinski definition) is 3. The molecule has 0 saturated heterocycles. The second-order valence-electron chi connectivity index (χ2n) is 5.72. The van der Waals surface area contributed by atoms with E-state index in [-0.39, 0.29) is 5.91 Å². The summed E-state index contributed by atoms with van der Waals surface area (Å²) in [6.45, 7) is 0. The lowest BCUT2D eigenvalue weighted by atomic mass is 9.91. The summed E-state index contributed by atoms with van der Waals surface area (Å²) in [7, 11) is 2.02. The van der Waals surface area contributed by atoms with Crippen LogP contribution in [0.5, 0.6) is 0 Å². The van der Waals surface area contributed by atoms with Crippen LogP contribution in [0.15, 0.2) is 6.07 Å². The van der Waals surface area contributed by atoms with Crippen molar-refractivity contribution in [3.63, 3.8) is 0 Å². The Bertz CT molecular complexity index is 439. The van der Waals surface area contributed by atoms with E-state index >= 15 is 0 Å². The number of fused-ring (bicyclic) bond motifs is 1. The third-order valence-electron chi connectivity index (χ3n) is 4.44. The minimum Gasteiger partial charge on any atom is -0.349 e. The van der Waals surface area contributed by atoms with Crippen LogP contribution in [-0.4, -0.2) is 25.0 Å². The van der Waals surface area contributed by atoms with Gasteiger partial charge in [-0.25, -0.2) is 0 Å². The highest BCUT2D eigenvalue weighted by Crippen LogP contribution is 2.30. The van der Waals surface area contributed by atoms with Gasteiger partial charge in [0.15, 0.2) is 0 Å². The van der Waals surface area contributed by atoms with E-state index in [4.69, 9.17) is 0 Å². The summed E-state index contributed by atoms with van der Waals surface area (Å²) in [5.41, 5.74) is 1.41. The number of carbonyl (C=O) groups excluding carboxylic acids is 1. The van der Waals surface area contributed by atoms with Gasteiger partial charge in [0.2, 0.25) is 0 Å². The summed E-state index contributed by atoms with van der Waals surface area (Å²) in [5, 5.41) is 6.54. The molecule has 3 nitrogen and oxygen atoms in total. The third kappa shape index (κ3) is 2.84. The Morgan fingerprint density at radius 1 is 1.21 bits per heavy atom. The van der Waals surface area contributed by atoms with Crippen LogP contribution in [0.3, 0.4) is 0 Å². The first kappa shape index (κ1) is 13.1. The lowest BCUT2D eigenvalue weighted by molar-refractivity contribution is 0.0929. The van der Waals surface area contributed by atoms with Crippen LogP contribution >= 0.6 is 11.3 Å². The van der Waals surface area contributed by atoms with Gasteiger partial charge in [0.25, 0.3) is 5.91 Å². The average Bonchev–Trinajstić information content (AvgIpc) is 3.00. The highest BCUT2D eigenvalue weighted by molar-refractivity contribution is 7.14. The van der Waals surface area contributed by atoms with E-state index in [9.17, 15) is 4.79 Å². The van der Waals surface area contributed by atoms with Gasteiger partial charge < -0.3 is 10.6 Å². The summed E-state index contributed by atoms with van der Waals surface area (Å²) in [4.78, 5) is 14.6. The number of carbonyl (C=O) groups is 1. The predicted octanol–water partition coefficient (Wildman–Crippen LogP) is 2.50. The normalized spacial score (nSPS) is 26.2. The monoisotopic (exact) mass is 278 g/mol. The van der Waals surface area contributed by atoms with Crippen molar-refractivity contribution in [2.75, 3.05) is 7.05 Å². The number of amides is 1. The zero-order valence-corrected chi connectivity index (χ0v) is 12.3. The van der Waals surface area contributed by atoms with Crippen molar-refractivity contribution in [2.24, 2.45) is 0 Å². The van der Waals surface area contributed by atoms with Gasteiger partial charge in [-0.2, -0.15) is 0 Å². The molecular weight excluding hydrogens is 256 g/mol. The summed E-state index contributed by atoms with van der Waals surface area (Å²) in [6.07, 6.45) is 8.12. The van der Waals surface area contributed by atoms with Crippen LogP contribution in [0.2, 0.25) is 0 Å². The van der Waals surface area contributed by atoms with Crippen LogP contribution in [0.4, 0.5) is 0 Å². The van der Waals surface area contributed by atoms with Crippen molar-refractivity contribution in [3.8, 4) is 0 Å². The topological polar surface area (TPSA) is 41.1 Å². The third-order valence-corrected chi connectivity index (χ3v) is 5.68. The lowest BCUT2D eigenvalue weighted by Gasteiger charge is -2.28. The molecule has 0 unspecified atom stereocenters. The molecule has 1 aromatic rings. The molecule has 0 aromatic carbocycles. The van der Waals surface area contributed by atoms with Crippen LogP contribution in [0.1, 0.15) is 52.2 Å². The number of thiophene rings is 1. The van der Waals surface area contributed by atoms with Crippen LogP contribution in [-0.2, 0) is 12.8 Å². The Labute approximate surface area is 118 Å². The maximum absolute atomic E-state index is 12.3. The Kier molecular flexibility index (Phi) is 3.89. The molecule has 0 spiro atoms. The molecular formula is C15H22N2OS. The van der Waals surface area contributed by atoms with Gasteiger partial charge in [0.05, 0.1) is 4.88 Å². The Hall–Kier alpha value is -0.870. The molecule has 2 aliphatic rings. The molecule has 19 heavy (non-hydrogen) atoms. The van der Waals surface area contributed by atoms with E-state index in [0.717, 1.165) is 24.1 Å². The molecule has 0 radical (unpaired) electrons. The average molecular weight is 278 g/mol.